The van der Waals surface area contributed by atoms with Gasteiger partial charge < -0.3 is 4.74 Å². The third-order valence-electron chi connectivity index (χ3n) is 3.62. The van der Waals surface area contributed by atoms with E-state index in [9.17, 15) is 4.79 Å². The first-order valence-electron chi connectivity index (χ1n) is 8.20. The summed E-state index contributed by atoms with van der Waals surface area (Å²) in [4.78, 5) is 20.7. The van der Waals surface area contributed by atoms with Crippen LogP contribution >= 0.6 is 31.9 Å². The fourth-order valence-electron chi connectivity index (χ4n) is 2.21. The fourth-order valence-corrected chi connectivity index (χ4v) is 2.74. The maximum Gasteiger partial charge on any atom is 0.330 e. The summed E-state index contributed by atoms with van der Waals surface area (Å²) >= 11 is 6.80. The van der Waals surface area contributed by atoms with E-state index in [0.29, 0.717) is 13.0 Å². The monoisotopic (exact) mass is 478 g/mol. The van der Waals surface area contributed by atoms with Crippen LogP contribution in [-0.2, 0) is 9.53 Å². The Kier molecular flexibility index (Phi) is 8.71. The van der Waals surface area contributed by atoms with Crippen molar-refractivity contribution in [3.8, 4) is 0 Å². The Labute approximate surface area is 170 Å². The molecular weight excluding hydrogens is 460 g/mol. The van der Waals surface area contributed by atoms with Crippen LogP contribution in [-0.4, -0.2) is 38.1 Å². The summed E-state index contributed by atoms with van der Waals surface area (Å²) in [6.07, 6.45) is 4.89. The molecule has 1 unspecified atom stereocenters. The molecule has 6 heteroatoms. The van der Waals surface area contributed by atoms with Gasteiger partial charge in [-0.3, -0.25) is 9.98 Å². The van der Waals surface area contributed by atoms with Crippen LogP contribution in [0.4, 0.5) is 0 Å². The highest BCUT2D eigenvalue weighted by atomic mass is 79.9. The minimum atomic E-state index is -0.508. The van der Waals surface area contributed by atoms with Gasteiger partial charge in [0.1, 0.15) is 6.04 Å². The zero-order chi connectivity index (χ0) is 18.8. The molecule has 0 aliphatic heterocycles. The first-order chi connectivity index (χ1) is 12.6. The van der Waals surface area contributed by atoms with Gasteiger partial charge in [0.2, 0.25) is 0 Å². The molecule has 2 aromatic carbocycles. The first kappa shape index (κ1) is 20.5. The number of carbonyl (C=O) groups is 1. The summed E-state index contributed by atoms with van der Waals surface area (Å²) in [7, 11) is 1.39. The Morgan fingerprint density at radius 3 is 2.08 bits per heavy atom. The molecule has 2 rings (SSSR count). The van der Waals surface area contributed by atoms with Gasteiger partial charge >= 0.3 is 5.97 Å². The van der Waals surface area contributed by atoms with Crippen molar-refractivity contribution < 1.29 is 9.53 Å². The highest BCUT2D eigenvalue weighted by Crippen LogP contribution is 2.11. The van der Waals surface area contributed by atoms with Crippen LogP contribution in [0.25, 0.3) is 0 Å². The highest BCUT2D eigenvalue weighted by molar-refractivity contribution is 9.10. The van der Waals surface area contributed by atoms with E-state index in [-0.39, 0.29) is 5.97 Å². The minimum absolute atomic E-state index is 0.324. The lowest BCUT2D eigenvalue weighted by molar-refractivity contribution is -0.142. The average molecular weight is 480 g/mol. The van der Waals surface area contributed by atoms with E-state index in [0.717, 1.165) is 26.5 Å². The Hall–Kier alpha value is -1.79. The molecule has 1 atom stereocenters. The topological polar surface area (TPSA) is 51.0 Å². The zero-order valence-electron chi connectivity index (χ0n) is 14.4. The number of hydrogen-bond acceptors (Lipinski definition) is 4. The van der Waals surface area contributed by atoms with Gasteiger partial charge in [-0.2, -0.15) is 0 Å². The summed E-state index contributed by atoms with van der Waals surface area (Å²) in [6, 6.07) is 15.2. The van der Waals surface area contributed by atoms with Gasteiger partial charge in [-0.25, -0.2) is 4.79 Å². The molecule has 0 radical (unpaired) electrons. The molecule has 136 valence electrons. The molecule has 2 aromatic rings. The number of hydrogen-bond donors (Lipinski definition) is 0. The van der Waals surface area contributed by atoms with Gasteiger partial charge in [0.25, 0.3) is 0 Å². The molecular formula is C20H20Br2N2O2. The summed E-state index contributed by atoms with van der Waals surface area (Å²) in [5.74, 6) is -0.324. The van der Waals surface area contributed by atoms with Gasteiger partial charge in [0, 0.05) is 27.9 Å². The van der Waals surface area contributed by atoms with E-state index in [1.165, 1.54) is 7.11 Å². The van der Waals surface area contributed by atoms with Crippen molar-refractivity contribution in [2.24, 2.45) is 9.98 Å². The Morgan fingerprint density at radius 2 is 1.54 bits per heavy atom. The van der Waals surface area contributed by atoms with E-state index < -0.39 is 6.04 Å². The number of benzene rings is 2. The maximum atomic E-state index is 11.9. The number of nitrogens with zero attached hydrogens (tertiary/aromatic N) is 2. The van der Waals surface area contributed by atoms with E-state index >= 15 is 0 Å². The quantitative estimate of drug-likeness (QED) is 0.301. The average Bonchev–Trinajstić information content (AvgIpc) is 2.66. The third kappa shape index (κ3) is 7.22. The third-order valence-corrected chi connectivity index (χ3v) is 4.68. The lowest BCUT2D eigenvalue weighted by Crippen LogP contribution is -2.20. The second kappa shape index (κ2) is 11.0. The molecule has 4 nitrogen and oxygen atoms in total. The number of rotatable bonds is 8. The molecule has 0 saturated heterocycles. The molecule has 0 heterocycles. The largest absolute Gasteiger partial charge is 0.467 e. The van der Waals surface area contributed by atoms with Crippen molar-refractivity contribution >= 4 is 50.3 Å². The van der Waals surface area contributed by atoms with Crippen LogP contribution in [0.3, 0.4) is 0 Å². The Bertz CT molecular complexity index is 756. The molecule has 0 aromatic heterocycles. The SMILES string of the molecule is COC(=O)C(CCC/N=C/c1ccc(Br)cc1)/N=C/c1ccc(Br)cc1. The van der Waals surface area contributed by atoms with Crippen LogP contribution in [0.15, 0.2) is 67.5 Å². The molecule has 0 N–H and O–H groups in total. The van der Waals surface area contributed by atoms with Crippen molar-refractivity contribution in [1.82, 2.24) is 0 Å². The molecule has 0 saturated carbocycles. The van der Waals surface area contributed by atoms with Gasteiger partial charge in [0.15, 0.2) is 0 Å². The molecule has 0 amide bonds. The summed E-state index contributed by atoms with van der Waals surface area (Å²) in [5, 5.41) is 0. The van der Waals surface area contributed by atoms with Crippen molar-refractivity contribution in [3.63, 3.8) is 0 Å². The standard InChI is InChI=1S/C20H20Br2N2O2/c1-26-20(25)19(24-14-16-6-10-18(22)11-7-16)3-2-12-23-13-15-4-8-17(21)9-5-15/h4-11,13-14,19H,2-3,12H2,1H3/b23-13+,24-14+. The maximum absolute atomic E-state index is 11.9. The lowest BCUT2D eigenvalue weighted by atomic mass is 10.1. The number of methoxy groups -OCH3 is 1. The molecule has 0 fully saturated rings. The van der Waals surface area contributed by atoms with E-state index in [4.69, 9.17) is 4.74 Å². The van der Waals surface area contributed by atoms with Crippen LogP contribution in [0.1, 0.15) is 24.0 Å². The number of ether oxygens (including phenoxy) is 1. The van der Waals surface area contributed by atoms with Gasteiger partial charge in [-0.15, -0.1) is 0 Å². The van der Waals surface area contributed by atoms with Gasteiger partial charge in [-0.1, -0.05) is 56.1 Å². The van der Waals surface area contributed by atoms with Crippen LogP contribution in [0.5, 0.6) is 0 Å². The fraction of sp³-hybridized carbons (Fsp3) is 0.250. The Balaban J connectivity index is 1.86. The molecule has 0 aliphatic rings. The van der Waals surface area contributed by atoms with E-state index in [1.54, 1.807) is 6.21 Å². The van der Waals surface area contributed by atoms with Crippen molar-refractivity contribution in [2.75, 3.05) is 13.7 Å². The van der Waals surface area contributed by atoms with Gasteiger partial charge in [0.05, 0.1) is 7.11 Å². The normalized spacial score (nSPS) is 12.6. The predicted molar refractivity (Wildman–Crippen MR) is 113 cm³/mol. The Morgan fingerprint density at radius 1 is 1.00 bits per heavy atom. The van der Waals surface area contributed by atoms with Crippen LogP contribution < -0.4 is 0 Å². The van der Waals surface area contributed by atoms with Crippen LogP contribution in [0.2, 0.25) is 0 Å². The summed E-state index contributed by atoms with van der Waals surface area (Å²) < 4.78 is 6.90. The second-order valence-electron chi connectivity index (χ2n) is 5.60. The number of carbonyl (C=O) groups excluding carboxylic acids is 1. The second-order valence-corrected chi connectivity index (χ2v) is 7.43. The van der Waals surface area contributed by atoms with Crippen LogP contribution in [0, 0.1) is 0 Å². The molecule has 0 aliphatic carbocycles. The zero-order valence-corrected chi connectivity index (χ0v) is 17.6. The number of aliphatic imine (C=N–C) groups is 2. The molecule has 26 heavy (non-hydrogen) atoms. The number of esters is 1. The van der Waals surface area contributed by atoms with Crippen molar-refractivity contribution in [1.29, 1.82) is 0 Å². The molecule has 0 bridgehead atoms. The van der Waals surface area contributed by atoms with E-state index in [1.807, 2.05) is 54.7 Å². The first-order valence-corrected chi connectivity index (χ1v) is 9.79. The highest BCUT2D eigenvalue weighted by Gasteiger charge is 2.16. The smallest absolute Gasteiger partial charge is 0.330 e. The minimum Gasteiger partial charge on any atom is -0.467 e. The predicted octanol–water partition coefficient (Wildman–Crippen LogP) is 5.07. The summed E-state index contributed by atoms with van der Waals surface area (Å²) in [5.41, 5.74) is 1.99. The van der Waals surface area contributed by atoms with Gasteiger partial charge in [-0.05, 0) is 48.2 Å². The lowest BCUT2D eigenvalue weighted by Gasteiger charge is -2.09. The molecule has 0 spiro atoms. The van der Waals surface area contributed by atoms with Crippen molar-refractivity contribution in [3.05, 3.63) is 68.6 Å². The number of halogens is 2. The summed E-state index contributed by atoms with van der Waals surface area (Å²) in [6.45, 7) is 0.636. The van der Waals surface area contributed by atoms with E-state index in [2.05, 4.69) is 41.8 Å². The van der Waals surface area contributed by atoms with Crippen molar-refractivity contribution in [2.45, 2.75) is 18.9 Å².